The molecule has 0 aliphatic carbocycles. The zero-order valence-electron chi connectivity index (χ0n) is 10.1. The third-order valence-electron chi connectivity index (χ3n) is 2.45. The molecule has 0 unspecified atom stereocenters. The molecule has 5 nitrogen and oxygen atoms in total. The lowest BCUT2D eigenvalue weighted by molar-refractivity contribution is -0.163. The standard InChI is InChI=1S/C11H7F5N4O/c12-7-3-6(19-10(21)11(15,16)9(13)14)1-2-8(7)20-5-17-4-18-20/h1-5,9H,(H,19,21). The van der Waals surface area contributed by atoms with E-state index in [2.05, 4.69) is 10.1 Å². The number of carbonyl (C=O) groups excluding carboxylic acids is 1. The van der Waals surface area contributed by atoms with Gasteiger partial charge in [-0.1, -0.05) is 0 Å². The summed E-state index contributed by atoms with van der Waals surface area (Å²) < 4.78 is 64.3. The molecule has 1 aromatic heterocycles. The lowest BCUT2D eigenvalue weighted by atomic mass is 10.2. The summed E-state index contributed by atoms with van der Waals surface area (Å²) in [6.07, 6.45) is -1.81. The molecule has 0 saturated heterocycles. The summed E-state index contributed by atoms with van der Waals surface area (Å²) in [5.74, 6) is -7.98. The Labute approximate surface area is 114 Å². The quantitative estimate of drug-likeness (QED) is 0.881. The second-order valence-electron chi connectivity index (χ2n) is 3.88. The van der Waals surface area contributed by atoms with E-state index in [0.29, 0.717) is 6.07 Å². The van der Waals surface area contributed by atoms with Crippen LogP contribution in [-0.2, 0) is 4.79 Å². The van der Waals surface area contributed by atoms with Crippen LogP contribution in [0.5, 0.6) is 0 Å². The van der Waals surface area contributed by atoms with Crippen LogP contribution >= 0.6 is 0 Å². The van der Waals surface area contributed by atoms with E-state index >= 15 is 0 Å². The number of aromatic nitrogens is 3. The first-order valence-corrected chi connectivity index (χ1v) is 5.44. The maximum Gasteiger partial charge on any atom is 0.383 e. The first-order valence-electron chi connectivity index (χ1n) is 5.44. The number of anilines is 1. The molecule has 0 saturated carbocycles. The van der Waals surface area contributed by atoms with Crippen molar-refractivity contribution in [1.29, 1.82) is 0 Å². The summed E-state index contributed by atoms with van der Waals surface area (Å²) in [5, 5.41) is 5.18. The highest BCUT2D eigenvalue weighted by atomic mass is 19.3. The molecule has 2 aromatic rings. The minimum Gasteiger partial charge on any atom is -0.321 e. The van der Waals surface area contributed by atoms with Gasteiger partial charge in [-0.25, -0.2) is 22.8 Å². The van der Waals surface area contributed by atoms with E-state index in [1.165, 1.54) is 11.6 Å². The Morgan fingerprint density at radius 2 is 2.05 bits per heavy atom. The fourth-order valence-corrected chi connectivity index (χ4v) is 1.42. The Balaban J connectivity index is 2.20. The maximum atomic E-state index is 13.7. The first-order chi connectivity index (χ1) is 9.82. The third kappa shape index (κ3) is 2.98. The van der Waals surface area contributed by atoms with E-state index in [0.717, 1.165) is 23.1 Å². The van der Waals surface area contributed by atoms with Crippen molar-refractivity contribution < 1.29 is 26.7 Å². The lowest BCUT2D eigenvalue weighted by Gasteiger charge is -2.15. The molecule has 1 N–H and O–H groups in total. The second-order valence-corrected chi connectivity index (χ2v) is 3.88. The van der Waals surface area contributed by atoms with Crippen LogP contribution in [0.15, 0.2) is 30.9 Å². The van der Waals surface area contributed by atoms with E-state index < -0.39 is 24.1 Å². The van der Waals surface area contributed by atoms with Crippen LogP contribution in [0, 0.1) is 5.82 Å². The van der Waals surface area contributed by atoms with Crippen LogP contribution < -0.4 is 5.32 Å². The van der Waals surface area contributed by atoms with Crippen LogP contribution in [-0.4, -0.2) is 33.0 Å². The van der Waals surface area contributed by atoms with Gasteiger partial charge in [0, 0.05) is 5.69 Å². The Bertz CT molecular complexity index is 644. The van der Waals surface area contributed by atoms with Crippen molar-refractivity contribution in [3.63, 3.8) is 0 Å². The molecule has 1 aromatic carbocycles. The van der Waals surface area contributed by atoms with Gasteiger partial charge in [-0.2, -0.15) is 13.9 Å². The van der Waals surface area contributed by atoms with Crippen LogP contribution in [0.3, 0.4) is 0 Å². The van der Waals surface area contributed by atoms with E-state index in [1.807, 2.05) is 0 Å². The third-order valence-corrected chi connectivity index (χ3v) is 2.45. The highest BCUT2D eigenvalue weighted by molar-refractivity contribution is 5.96. The zero-order valence-corrected chi connectivity index (χ0v) is 10.1. The minimum atomic E-state index is -4.86. The summed E-state index contributed by atoms with van der Waals surface area (Å²) in [4.78, 5) is 14.6. The van der Waals surface area contributed by atoms with E-state index in [1.54, 1.807) is 0 Å². The largest absolute Gasteiger partial charge is 0.383 e. The second kappa shape index (κ2) is 5.46. The monoisotopic (exact) mass is 306 g/mol. The average Bonchev–Trinajstić information content (AvgIpc) is 2.92. The smallest absolute Gasteiger partial charge is 0.321 e. The summed E-state index contributed by atoms with van der Waals surface area (Å²) in [6, 6.07) is 2.90. The molecular weight excluding hydrogens is 299 g/mol. The number of amides is 1. The number of rotatable bonds is 4. The molecule has 0 aliphatic rings. The van der Waals surface area contributed by atoms with Gasteiger partial charge in [0.1, 0.15) is 18.3 Å². The molecule has 21 heavy (non-hydrogen) atoms. The Kier molecular flexibility index (Phi) is 3.87. The van der Waals surface area contributed by atoms with Crippen LogP contribution in [0.4, 0.5) is 27.6 Å². The number of hydrogen-bond donors (Lipinski definition) is 1. The van der Waals surface area contributed by atoms with Gasteiger partial charge in [0.15, 0.2) is 5.82 Å². The van der Waals surface area contributed by atoms with Gasteiger partial charge >= 0.3 is 18.3 Å². The van der Waals surface area contributed by atoms with Gasteiger partial charge in [-0.3, -0.25) is 4.79 Å². The summed E-state index contributed by atoms with van der Waals surface area (Å²) >= 11 is 0. The SMILES string of the molecule is O=C(Nc1ccc(-n2cncn2)c(F)c1)C(F)(F)C(F)F. The van der Waals surface area contributed by atoms with Crippen molar-refractivity contribution in [3.8, 4) is 5.69 Å². The van der Waals surface area contributed by atoms with Gasteiger partial charge in [-0.05, 0) is 18.2 Å². The topological polar surface area (TPSA) is 59.8 Å². The summed E-state index contributed by atoms with van der Waals surface area (Å²) in [5.41, 5.74) is -0.437. The predicted molar refractivity (Wildman–Crippen MR) is 60.9 cm³/mol. The normalized spacial score (nSPS) is 11.7. The van der Waals surface area contributed by atoms with Gasteiger partial charge in [0.2, 0.25) is 0 Å². The fraction of sp³-hybridized carbons (Fsp3) is 0.182. The number of hydrogen-bond acceptors (Lipinski definition) is 3. The average molecular weight is 306 g/mol. The van der Waals surface area contributed by atoms with Crippen molar-refractivity contribution in [2.24, 2.45) is 0 Å². The number of nitrogens with zero attached hydrogens (tertiary/aromatic N) is 3. The summed E-state index contributed by atoms with van der Waals surface area (Å²) in [7, 11) is 0. The number of alkyl halides is 4. The number of benzene rings is 1. The fourth-order valence-electron chi connectivity index (χ4n) is 1.42. The van der Waals surface area contributed by atoms with Crippen molar-refractivity contribution in [2.75, 3.05) is 5.32 Å². The molecule has 0 fully saturated rings. The van der Waals surface area contributed by atoms with Crippen molar-refractivity contribution in [1.82, 2.24) is 14.8 Å². The molecular formula is C11H7F5N4O. The molecule has 10 heteroatoms. The molecule has 0 aliphatic heterocycles. The molecule has 0 spiro atoms. The molecule has 112 valence electrons. The van der Waals surface area contributed by atoms with Crippen molar-refractivity contribution in [3.05, 3.63) is 36.7 Å². The van der Waals surface area contributed by atoms with Gasteiger partial charge in [-0.15, -0.1) is 0 Å². The molecule has 1 heterocycles. The van der Waals surface area contributed by atoms with Crippen LogP contribution in [0.1, 0.15) is 0 Å². The van der Waals surface area contributed by atoms with Crippen molar-refractivity contribution >= 4 is 11.6 Å². The van der Waals surface area contributed by atoms with E-state index in [4.69, 9.17) is 0 Å². The van der Waals surface area contributed by atoms with Crippen LogP contribution in [0.2, 0.25) is 0 Å². The zero-order chi connectivity index (χ0) is 15.6. The minimum absolute atomic E-state index is 0.0499. The predicted octanol–water partition coefficient (Wildman–Crippen LogP) is 2.25. The molecule has 2 rings (SSSR count). The highest BCUT2D eigenvalue weighted by Gasteiger charge is 2.48. The maximum absolute atomic E-state index is 13.7. The van der Waals surface area contributed by atoms with Gasteiger partial charge in [0.05, 0.1) is 0 Å². The molecule has 1 amide bonds. The highest BCUT2D eigenvalue weighted by Crippen LogP contribution is 2.25. The number of nitrogens with one attached hydrogen (secondary N) is 1. The van der Waals surface area contributed by atoms with Gasteiger partial charge < -0.3 is 5.32 Å². The van der Waals surface area contributed by atoms with Gasteiger partial charge in [0.25, 0.3) is 0 Å². The Hall–Kier alpha value is -2.52. The summed E-state index contributed by atoms with van der Waals surface area (Å²) in [6.45, 7) is 0. The number of carbonyl (C=O) groups is 1. The molecule has 0 radical (unpaired) electrons. The van der Waals surface area contributed by atoms with E-state index in [9.17, 15) is 26.7 Å². The van der Waals surface area contributed by atoms with E-state index in [-0.39, 0.29) is 11.4 Å². The molecule has 0 bridgehead atoms. The number of halogens is 5. The van der Waals surface area contributed by atoms with Crippen LogP contribution in [0.25, 0.3) is 5.69 Å². The first kappa shape index (κ1) is 14.9. The Morgan fingerprint density at radius 3 is 2.57 bits per heavy atom. The molecule has 0 atom stereocenters. The Morgan fingerprint density at radius 1 is 1.33 bits per heavy atom. The lowest BCUT2D eigenvalue weighted by Crippen LogP contribution is -2.41. The van der Waals surface area contributed by atoms with Crippen molar-refractivity contribution in [2.45, 2.75) is 12.3 Å².